The average Bonchev–Trinajstić information content (AvgIpc) is 3.54. The van der Waals surface area contributed by atoms with E-state index in [9.17, 15) is 9.59 Å². The third-order valence-electron chi connectivity index (χ3n) is 8.69. The predicted molar refractivity (Wildman–Crippen MR) is 201 cm³/mol. The number of urea groups is 2. The number of nitrogens with zero attached hydrogens (tertiary/aromatic N) is 4. The summed E-state index contributed by atoms with van der Waals surface area (Å²) in [6.45, 7) is 9.28. The molecular weight excluding hydrogens is 644 g/mol. The smallest absolute Gasteiger partial charge is 0.324 e. The van der Waals surface area contributed by atoms with E-state index in [1.54, 1.807) is 23.0 Å². The highest BCUT2D eigenvalue weighted by Gasteiger charge is 2.16. The summed E-state index contributed by atoms with van der Waals surface area (Å²) < 4.78 is 13.4. The summed E-state index contributed by atoms with van der Waals surface area (Å²) in [4.78, 5) is 32.6. The molecule has 266 valence electrons. The van der Waals surface area contributed by atoms with Crippen molar-refractivity contribution in [2.75, 3.05) is 55.3 Å². The lowest BCUT2D eigenvalue weighted by Crippen LogP contribution is -2.37. The SMILES string of the molecule is CCCCc1cc(NC(=O)Nc2ccc(Oc3ccnc(NC(=O)NCCCCN4CCOCC4)c3)c3ccccc23)n(-c2ccc(C)cc2)n1. The van der Waals surface area contributed by atoms with Crippen LogP contribution < -0.4 is 26.0 Å². The van der Waals surface area contributed by atoms with Crippen LogP contribution in [0.5, 0.6) is 11.5 Å². The highest BCUT2D eigenvalue weighted by Crippen LogP contribution is 2.35. The van der Waals surface area contributed by atoms with E-state index >= 15 is 0 Å². The Hall–Kier alpha value is -5.46. The molecule has 1 fully saturated rings. The fourth-order valence-electron chi connectivity index (χ4n) is 5.94. The molecule has 3 heterocycles. The number of pyridine rings is 1. The van der Waals surface area contributed by atoms with E-state index in [1.165, 1.54) is 0 Å². The zero-order chi connectivity index (χ0) is 35.4. The van der Waals surface area contributed by atoms with Gasteiger partial charge in [-0.1, -0.05) is 55.3 Å². The minimum Gasteiger partial charge on any atom is -0.457 e. The van der Waals surface area contributed by atoms with Gasteiger partial charge in [0.25, 0.3) is 0 Å². The van der Waals surface area contributed by atoms with Crippen molar-refractivity contribution in [1.82, 2.24) is 25.0 Å². The Morgan fingerprint density at radius 1 is 0.863 bits per heavy atom. The maximum Gasteiger partial charge on any atom is 0.324 e. The largest absolute Gasteiger partial charge is 0.457 e. The van der Waals surface area contributed by atoms with Crippen LogP contribution in [0.1, 0.15) is 43.9 Å². The molecule has 12 nitrogen and oxygen atoms in total. The fourth-order valence-corrected chi connectivity index (χ4v) is 5.94. The molecule has 6 rings (SSSR count). The molecule has 0 atom stereocenters. The third kappa shape index (κ3) is 9.83. The van der Waals surface area contributed by atoms with Gasteiger partial charge in [-0.15, -0.1) is 0 Å². The van der Waals surface area contributed by atoms with Crippen LogP contribution in [0.3, 0.4) is 0 Å². The molecule has 5 aromatic rings. The monoisotopic (exact) mass is 690 g/mol. The molecule has 0 saturated carbocycles. The zero-order valence-corrected chi connectivity index (χ0v) is 29.3. The van der Waals surface area contributed by atoms with Crippen LogP contribution in [0.15, 0.2) is 85.1 Å². The lowest BCUT2D eigenvalue weighted by Gasteiger charge is -2.26. The number of aryl methyl sites for hydroxylation is 2. The summed E-state index contributed by atoms with van der Waals surface area (Å²) in [5.74, 6) is 2.07. The summed E-state index contributed by atoms with van der Waals surface area (Å²) in [7, 11) is 0. The molecular formula is C39H46N8O4. The van der Waals surface area contributed by atoms with Crippen molar-refractivity contribution in [2.24, 2.45) is 0 Å². The topological polar surface area (TPSA) is 135 Å². The van der Waals surface area contributed by atoms with Gasteiger partial charge in [0.1, 0.15) is 23.1 Å². The Labute approximate surface area is 298 Å². The van der Waals surface area contributed by atoms with Crippen molar-refractivity contribution in [3.8, 4) is 17.2 Å². The molecule has 0 radical (unpaired) electrons. The van der Waals surface area contributed by atoms with Gasteiger partial charge in [-0.2, -0.15) is 5.10 Å². The maximum absolute atomic E-state index is 13.4. The number of hydrogen-bond acceptors (Lipinski definition) is 7. The van der Waals surface area contributed by atoms with E-state index in [-0.39, 0.29) is 12.1 Å². The Kier molecular flexibility index (Phi) is 12.1. The minimum absolute atomic E-state index is 0.315. The van der Waals surface area contributed by atoms with Crippen molar-refractivity contribution >= 4 is 40.2 Å². The predicted octanol–water partition coefficient (Wildman–Crippen LogP) is 7.74. The second-order valence-electron chi connectivity index (χ2n) is 12.6. The van der Waals surface area contributed by atoms with Crippen LogP contribution in [0.25, 0.3) is 16.5 Å². The van der Waals surface area contributed by atoms with E-state index in [4.69, 9.17) is 14.6 Å². The van der Waals surface area contributed by atoms with E-state index in [1.807, 2.05) is 73.7 Å². The van der Waals surface area contributed by atoms with Crippen LogP contribution in [0, 0.1) is 6.92 Å². The number of nitrogens with one attached hydrogen (secondary N) is 4. The van der Waals surface area contributed by atoms with E-state index < -0.39 is 0 Å². The lowest BCUT2D eigenvalue weighted by atomic mass is 10.1. The Balaban J connectivity index is 1.08. The number of fused-ring (bicyclic) bond motifs is 1. The van der Waals surface area contributed by atoms with Crippen molar-refractivity contribution in [3.05, 3.63) is 96.3 Å². The summed E-state index contributed by atoms with van der Waals surface area (Å²) in [6.07, 6.45) is 6.38. The molecule has 1 aliphatic heterocycles. The molecule has 12 heteroatoms. The zero-order valence-electron chi connectivity index (χ0n) is 29.3. The standard InChI is InChI=1S/C39H46N8O4/c1-3-4-9-29-26-37(47(45-29)30-14-12-28(2)13-15-30)44-39(49)42-34-16-17-35(33-11-6-5-10-32(33)34)51-31-18-20-40-36(27-31)43-38(48)41-19-7-8-21-46-22-24-50-25-23-46/h5-6,10-18,20,26-27H,3-4,7-9,19,21-25H2,1-2H3,(H2,42,44,49)(H2,40,41,43,48). The van der Waals surface area contributed by atoms with Crippen molar-refractivity contribution in [2.45, 2.75) is 46.0 Å². The molecule has 1 aliphatic rings. The molecule has 4 amide bonds. The molecule has 2 aromatic heterocycles. The normalized spacial score (nSPS) is 13.1. The van der Waals surface area contributed by atoms with Gasteiger partial charge < -0.3 is 20.1 Å². The van der Waals surface area contributed by atoms with Crippen LogP contribution in [0.2, 0.25) is 0 Å². The molecule has 0 bridgehead atoms. The average molecular weight is 691 g/mol. The highest BCUT2D eigenvalue weighted by molar-refractivity contribution is 6.07. The number of carbonyl (C=O) groups is 2. The number of ether oxygens (including phenoxy) is 2. The number of benzene rings is 3. The molecule has 0 aliphatic carbocycles. The highest BCUT2D eigenvalue weighted by atomic mass is 16.5. The second-order valence-corrected chi connectivity index (χ2v) is 12.6. The molecule has 1 saturated heterocycles. The molecule has 3 aromatic carbocycles. The fraction of sp³-hybridized carbons (Fsp3) is 0.333. The number of anilines is 3. The quantitative estimate of drug-likeness (QED) is 0.0876. The van der Waals surface area contributed by atoms with Gasteiger partial charge in [-0.3, -0.25) is 15.5 Å². The van der Waals surface area contributed by atoms with Crippen molar-refractivity contribution in [3.63, 3.8) is 0 Å². The lowest BCUT2D eigenvalue weighted by molar-refractivity contribution is 0.0372. The number of amides is 4. The second kappa shape index (κ2) is 17.5. The van der Waals surface area contributed by atoms with E-state index in [0.29, 0.717) is 35.4 Å². The van der Waals surface area contributed by atoms with Gasteiger partial charge >= 0.3 is 12.1 Å². The van der Waals surface area contributed by atoms with Crippen molar-refractivity contribution < 1.29 is 19.1 Å². The van der Waals surface area contributed by atoms with Gasteiger partial charge in [-0.25, -0.2) is 19.3 Å². The number of carbonyl (C=O) groups excluding carboxylic acids is 2. The first kappa shape index (κ1) is 35.4. The maximum atomic E-state index is 13.4. The summed E-state index contributed by atoms with van der Waals surface area (Å²) >= 11 is 0. The molecule has 0 spiro atoms. The molecule has 4 N–H and O–H groups in total. The first-order valence-electron chi connectivity index (χ1n) is 17.7. The molecule has 0 unspecified atom stereocenters. The van der Waals surface area contributed by atoms with Crippen LogP contribution in [-0.2, 0) is 11.2 Å². The first-order valence-corrected chi connectivity index (χ1v) is 17.7. The number of hydrogen-bond donors (Lipinski definition) is 4. The van der Waals surface area contributed by atoms with Crippen LogP contribution in [0.4, 0.5) is 26.9 Å². The van der Waals surface area contributed by atoms with Crippen molar-refractivity contribution in [1.29, 1.82) is 0 Å². The van der Waals surface area contributed by atoms with Gasteiger partial charge in [0.05, 0.1) is 30.3 Å². The first-order chi connectivity index (χ1) is 24.9. The Bertz CT molecular complexity index is 1920. The number of morpholine rings is 1. The van der Waals surface area contributed by atoms with Crippen LogP contribution >= 0.6 is 0 Å². The van der Waals surface area contributed by atoms with Gasteiger partial charge in [0, 0.05) is 48.7 Å². The number of rotatable bonds is 14. The van der Waals surface area contributed by atoms with Gasteiger partial charge in [-0.05, 0) is 69.5 Å². The number of unbranched alkanes of at least 4 members (excludes halogenated alkanes) is 2. The minimum atomic E-state index is -0.385. The number of aromatic nitrogens is 3. The van der Waals surface area contributed by atoms with Crippen LogP contribution in [-0.4, -0.2) is 71.1 Å². The molecule has 51 heavy (non-hydrogen) atoms. The summed E-state index contributed by atoms with van der Waals surface area (Å²) in [6, 6.07) is 24.0. The Morgan fingerprint density at radius 3 is 2.47 bits per heavy atom. The van der Waals surface area contributed by atoms with Gasteiger partial charge in [0.2, 0.25) is 0 Å². The third-order valence-corrected chi connectivity index (χ3v) is 8.69. The van der Waals surface area contributed by atoms with E-state index in [0.717, 1.165) is 92.7 Å². The summed E-state index contributed by atoms with van der Waals surface area (Å²) in [5, 5.41) is 18.1. The summed E-state index contributed by atoms with van der Waals surface area (Å²) in [5.41, 5.74) is 3.57. The Morgan fingerprint density at radius 2 is 1.67 bits per heavy atom. The van der Waals surface area contributed by atoms with E-state index in [2.05, 4.69) is 38.1 Å². The van der Waals surface area contributed by atoms with Gasteiger partial charge in [0.15, 0.2) is 0 Å².